The van der Waals surface area contributed by atoms with Crippen molar-refractivity contribution in [2.45, 2.75) is 18.6 Å². The largest absolute Gasteiger partial charge is 0.493 e. The highest BCUT2D eigenvalue weighted by Gasteiger charge is 2.32. The van der Waals surface area contributed by atoms with E-state index in [4.69, 9.17) is 19.9 Å². The number of rotatable bonds is 3. The topological polar surface area (TPSA) is 53.7 Å². The van der Waals surface area contributed by atoms with E-state index in [1.807, 2.05) is 18.2 Å². The maximum atomic E-state index is 14.2. The summed E-state index contributed by atoms with van der Waals surface area (Å²) >= 11 is 0. The van der Waals surface area contributed by atoms with Crippen molar-refractivity contribution in [1.82, 2.24) is 0 Å². The van der Waals surface area contributed by atoms with Crippen LogP contribution >= 0.6 is 0 Å². The second kappa shape index (κ2) is 6.91. The molecule has 3 aromatic carbocycles. The fourth-order valence-corrected chi connectivity index (χ4v) is 3.63. The van der Waals surface area contributed by atoms with Crippen LogP contribution in [0.5, 0.6) is 17.2 Å². The molecular weight excluding hydrogens is 371 g/mol. The maximum Gasteiger partial charge on any atom is 0.161 e. The van der Waals surface area contributed by atoms with E-state index in [9.17, 15) is 13.2 Å². The van der Waals surface area contributed by atoms with E-state index in [1.54, 1.807) is 20.3 Å². The standard InChI is InChI=1S/C21H18F3NO3/c1-26-19-5-10-3-4-18-12(11(10)8-20(19)27-2)7-17(25)21(28-18)13-6-15(23)16(24)9-14(13)22/h3-6,8-9,17,21H,7,25H2,1-2H3/t17-,21+/m0/s1. The fraction of sp³-hybridized carbons (Fsp3) is 0.238. The highest BCUT2D eigenvalue weighted by molar-refractivity contribution is 5.91. The van der Waals surface area contributed by atoms with Gasteiger partial charge in [0.2, 0.25) is 0 Å². The lowest BCUT2D eigenvalue weighted by atomic mass is 9.90. The first-order valence-electron chi connectivity index (χ1n) is 8.67. The van der Waals surface area contributed by atoms with Crippen molar-refractivity contribution in [3.63, 3.8) is 0 Å². The summed E-state index contributed by atoms with van der Waals surface area (Å²) in [6.07, 6.45) is -0.564. The Morgan fingerprint density at radius 3 is 2.32 bits per heavy atom. The predicted molar refractivity (Wildman–Crippen MR) is 98.4 cm³/mol. The van der Waals surface area contributed by atoms with Gasteiger partial charge < -0.3 is 19.9 Å². The van der Waals surface area contributed by atoms with E-state index in [0.29, 0.717) is 29.7 Å². The van der Waals surface area contributed by atoms with Gasteiger partial charge >= 0.3 is 0 Å². The minimum absolute atomic E-state index is 0.107. The van der Waals surface area contributed by atoms with Crippen LogP contribution in [-0.2, 0) is 6.42 Å². The molecule has 0 aromatic heterocycles. The Balaban J connectivity index is 1.80. The summed E-state index contributed by atoms with van der Waals surface area (Å²) in [5, 5.41) is 1.78. The molecular formula is C21H18F3NO3. The molecule has 0 fully saturated rings. The molecule has 28 heavy (non-hydrogen) atoms. The third kappa shape index (κ3) is 2.92. The Morgan fingerprint density at radius 2 is 1.61 bits per heavy atom. The third-order valence-corrected chi connectivity index (χ3v) is 5.02. The van der Waals surface area contributed by atoms with Gasteiger partial charge in [0.1, 0.15) is 17.7 Å². The van der Waals surface area contributed by atoms with Crippen LogP contribution in [0.1, 0.15) is 17.2 Å². The molecule has 0 spiro atoms. The molecule has 146 valence electrons. The predicted octanol–water partition coefficient (Wildman–Crippen LogP) is 4.28. The molecule has 7 heteroatoms. The smallest absolute Gasteiger partial charge is 0.161 e. The van der Waals surface area contributed by atoms with Crippen molar-refractivity contribution in [2.75, 3.05) is 14.2 Å². The van der Waals surface area contributed by atoms with Gasteiger partial charge in [-0.1, -0.05) is 6.07 Å². The fourth-order valence-electron chi connectivity index (χ4n) is 3.63. The van der Waals surface area contributed by atoms with Gasteiger partial charge in [0.05, 0.1) is 20.3 Å². The molecule has 0 aliphatic carbocycles. The molecule has 2 N–H and O–H groups in total. The van der Waals surface area contributed by atoms with E-state index in [0.717, 1.165) is 22.4 Å². The van der Waals surface area contributed by atoms with Gasteiger partial charge in [0.25, 0.3) is 0 Å². The van der Waals surface area contributed by atoms with Gasteiger partial charge in [-0.3, -0.25) is 0 Å². The molecule has 0 amide bonds. The number of ether oxygens (including phenoxy) is 3. The second-order valence-electron chi connectivity index (χ2n) is 6.66. The highest BCUT2D eigenvalue weighted by Crippen LogP contribution is 2.42. The minimum Gasteiger partial charge on any atom is -0.493 e. The van der Waals surface area contributed by atoms with Gasteiger partial charge in [-0.2, -0.15) is 0 Å². The van der Waals surface area contributed by atoms with Gasteiger partial charge in [-0.25, -0.2) is 13.2 Å². The number of benzene rings is 3. The summed E-state index contributed by atoms with van der Waals surface area (Å²) in [4.78, 5) is 0. The lowest BCUT2D eigenvalue weighted by Gasteiger charge is -2.32. The molecule has 0 bridgehead atoms. The van der Waals surface area contributed by atoms with Crippen molar-refractivity contribution < 1.29 is 27.4 Å². The van der Waals surface area contributed by atoms with Crippen molar-refractivity contribution in [1.29, 1.82) is 0 Å². The average Bonchev–Trinajstić information content (AvgIpc) is 2.69. The van der Waals surface area contributed by atoms with Crippen LogP contribution in [0.4, 0.5) is 13.2 Å². The quantitative estimate of drug-likeness (QED) is 0.680. The summed E-state index contributed by atoms with van der Waals surface area (Å²) < 4.78 is 57.7. The Morgan fingerprint density at radius 1 is 0.929 bits per heavy atom. The normalized spacial score (nSPS) is 18.5. The Kier molecular flexibility index (Phi) is 4.55. The molecule has 0 saturated carbocycles. The average molecular weight is 389 g/mol. The number of hydrogen-bond acceptors (Lipinski definition) is 4. The van der Waals surface area contributed by atoms with Crippen molar-refractivity contribution in [2.24, 2.45) is 5.73 Å². The van der Waals surface area contributed by atoms with Crippen LogP contribution in [0.25, 0.3) is 10.8 Å². The first kappa shape index (κ1) is 18.4. The van der Waals surface area contributed by atoms with E-state index in [-0.39, 0.29) is 5.56 Å². The molecule has 0 radical (unpaired) electrons. The molecule has 1 aliphatic heterocycles. The maximum absolute atomic E-state index is 14.2. The monoisotopic (exact) mass is 389 g/mol. The number of methoxy groups -OCH3 is 2. The van der Waals surface area contributed by atoms with Gasteiger partial charge in [-0.05, 0) is 41.5 Å². The van der Waals surface area contributed by atoms with E-state index < -0.39 is 29.6 Å². The lowest BCUT2D eigenvalue weighted by Crippen LogP contribution is -2.38. The molecule has 4 nitrogen and oxygen atoms in total. The number of fused-ring (bicyclic) bond motifs is 3. The zero-order chi connectivity index (χ0) is 20.0. The summed E-state index contributed by atoms with van der Waals surface area (Å²) in [5.41, 5.74) is 6.97. The van der Waals surface area contributed by atoms with Crippen molar-refractivity contribution in [3.8, 4) is 17.2 Å². The Labute approximate surface area is 159 Å². The zero-order valence-corrected chi connectivity index (χ0v) is 15.3. The molecule has 3 aromatic rings. The van der Waals surface area contributed by atoms with Crippen LogP contribution in [0.15, 0.2) is 36.4 Å². The number of hydrogen-bond donors (Lipinski definition) is 1. The molecule has 1 aliphatic rings. The van der Waals surface area contributed by atoms with E-state index in [2.05, 4.69) is 0 Å². The van der Waals surface area contributed by atoms with Crippen LogP contribution in [0.3, 0.4) is 0 Å². The molecule has 2 atom stereocenters. The van der Waals surface area contributed by atoms with Crippen LogP contribution in [0, 0.1) is 17.5 Å². The SMILES string of the molecule is COc1cc2ccc3c(c2cc1OC)C[C@H](N)[C@@H](c1cc(F)c(F)cc1F)O3. The van der Waals surface area contributed by atoms with Gasteiger partial charge in [0, 0.05) is 17.2 Å². The highest BCUT2D eigenvalue weighted by atomic mass is 19.2. The summed E-state index contributed by atoms with van der Waals surface area (Å²) in [6.45, 7) is 0. The Hall–Kier alpha value is -2.93. The van der Waals surface area contributed by atoms with Crippen LogP contribution < -0.4 is 19.9 Å². The molecule has 0 saturated heterocycles. The van der Waals surface area contributed by atoms with Crippen LogP contribution in [-0.4, -0.2) is 20.3 Å². The van der Waals surface area contributed by atoms with Gasteiger partial charge in [0.15, 0.2) is 23.1 Å². The minimum atomic E-state index is -1.25. The van der Waals surface area contributed by atoms with Crippen LogP contribution in [0.2, 0.25) is 0 Å². The van der Waals surface area contributed by atoms with E-state index in [1.165, 1.54) is 0 Å². The molecule has 4 rings (SSSR count). The first-order valence-corrected chi connectivity index (χ1v) is 8.67. The summed E-state index contributed by atoms with van der Waals surface area (Å²) in [6, 6.07) is 7.93. The molecule has 1 heterocycles. The summed E-state index contributed by atoms with van der Waals surface area (Å²) in [7, 11) is 3.10. The van der Waals surface area contributed by atoms with Crippen molar-refractivity contribution >= 4 is 10.8 Å². The second-order valence-corrected chi connectivity index (χ2v) is 6.66. The number of nitrogens with two attached hydrogens (primary N) is 1. The first-order chi connectivity index (χ1) is 13.4. The van der Waals surface area contributed by atoms with E-state index >= 15 is 0 Å². The number of halogens is 3. The lowest BCUT2D eigenvalue weighted by molar-refractivity contribution is 0.149. The Bertz CT molecular complexity index is 1070. The van der Waals surface area contributed by atoms with Gasteiger partial charge in [-0.15, -0.1) is 0 Å². The zero-order valence-electron chi connectivity index (χ0n) is 15.3. The third-order valence-electron chi connectivity index (χ3n) is 5.02. The van der Waals surface area contributed by atoms with Crippen molar-refractivity contribution in [3.05, 3.63) is 65.0 Å². The summed E-state index contributed by atoms with van der Waals surface area (Å²) in [5.74, 6) is -1.62. The molecule has 0 unspecified atom stereocenters.